The van der Waals surface area contributed by atoms with Crippen LogP contribution >= 0.6 is 0 Å². The molecular weight excluding hydrogens is 232 g/mol. The highest BCUT2D eigenvalue weighted by Crippen LogP contribution is 2.06. The Labute approximate surface area is 97.0 Å². The lowest BCUT2D eigenvalue weighted by molar-refractivity contribution is 0.248. The Morgan fingerprint density at radius 3 is 2.31 bits per heavy atom. The van der Waals surface area contributed by atoms with E-state index in [0.29, 0.717) is 6.42 Å². The third-order valence-corrected chi connectivity index (χ3v) is 3.99. The minimum absolute atomic E-state index is 0.0395. The van der Waals surface area contributed by atoms with Crippen LogP contribution in [0.3, 0.4) is 0 Å². The lowest BCUT2D eigenvalue weighted by atomic mass is 10.5. The van der Waals surface area contributed by atoms with Gasteiger partial charge in [0.1, 0.15) is 0 Å². The Morgan fingerprint density at radius 2 is 1.88 bits per heavy atom. The molecule has 0 aromatic heterocycles. The highest BCUT2D eigenvalue weighted by molar-refractivity contribution is 7.86. The van der Waals surface area contributed by atoms with Gasteiger partial charge in [-0.15, -0.1) is 6.58 Å². The summed E-state index contributed by atoms with van der Waals surface area (Å²) in [5.41, 5.74) is 0. The Bertz CT molecular complexity index is 292. The molecule has 0 aromatic carbocycles. The Hall–Kier alpha value is -0.470. The molecule has 16 heavy (non-hydrogen) atoms. The van der Waals surface area contributed by atoms with Crippen molar-refractivity contribution in [2.24, 2.45) is 0 Å². The molecule has 0 bridgehead atoms. The average Bonchev–Trinajstić information content (AvgIpc) is 2.25. The number of nitrogens with zero attached hydrogens (tertiary/aromatic N) is 2. The molecular formula is C9H20N2O4S. The number of aliphatic hydroxyl groups is 2. The van der Waals surface area contributed by atoms with E-state index in [0.717, 1.165) is 8.61 Å². The normalized spacial score (nSPS) is 12.3. The molecule has 0 aromatic rings. The molecule has 0 saturated carbocycles. The van der Waals surface area contributed by atoms with E-state index in [1.165, 1.54) is 13.1 Å². The second kappa shape index (κ2) is 7.75. The molecule has 0 rings (SSSR count). The van der Waals surface area contributed by atoms with Crippen LogP contribution in [0.25, 0.3) is 0 Å². The van der Waals surface area contributed by atoms with Crippen molar-refractivity contribution in [3.63, 3.8) is 0 Å². The molecule has 6 nitrogen and oxygen atoms in total. The van der Waals surface area contributed by atoms with Gasteiger partial charge in [0.2, 0.25) is 0 Å². The van der Waals surface area contributed by atoms with Crippen LogP contribution < -0.4 is 0 Å². The zero-order valence-corrected chi connectivity index (χ0v) is 10.4. The number of aliphatic hydroxyl groups excluding tert-OH is 2. The van der Waals surface area contributed by atoms with Crippen LogP contribution in [0.15, 0.2) is 12.7 Å². The third kappa shape index (κ3) is 4.58. The van der Waals surface area contributed by atoms with Gasteiger partial charge in [-0.2, -0.15) is 17.0 Å². The van der Waals surface area contributed by atoms with Crippen molar-refractivity contribution in [2.75, 3.05) is 39.9 Å². The van der Waals surface area contributed by atoms with Crippen molar-refractivity contribution in [1.82, 2.24) is 8.61 Å². The summed E-state index contributed by atoms with van der Waals surface area (Å²) < 4.78 is 26.1. The molecule has 0 aliphatic carbocycles. The van der Waals surface area contributed by atoms with E-state index in [-0.39, 0.29) is 32.8 Å². The summed E-state index contributed by atoms with van der Waals surface area (Å²) >= 11 is 0. The SMILES string of the molecule is C=CCN(CCO)S(=O)(=O)N(C)CCCO. The molecule has 7 heteroatoms. The monoisotopic (exact) mass is 252 g/mol. The van der Waals surface area contributed by atoms with Crippen LogP contribution in [-0.4, -0.2) is 67.1 Å². The Balaban J connectivity index is 4.62. The van der Waals surface area contributed by atoms with Gasteiger partial charge in [0.15, 0.2) is 0 Å². The first-order valence-corrected chi connectivity index (χ1v) is 6.44. The van der Waals surface area contributed by atoms with E-state index in [2.05, 4.69) is 6.58 Å². The molecule has 0 saturated heterocycles. The van der Waals surface area contributed by atoms with E-state index < -0.39 is 10.2 Å². The molecule has 0 aliphatic rings. The van der Waals surface area contributed by atoms with E-state index in [1.807, 2.05) is 0 Å². The van der Waals surface area contributed by atoms with E-state index >= 15 is 0 Å². The maximum atomic E-state index is 11.9. The van der Waals surface area contributed by atoms with Gasteiger partial charge < -0.3 is 10.2 Å². The highest BCUT2D eigenvalue weighted by atomic mass is 32.2. The number of hydrogen-bond donors (Lipinski definition) is 2. The predicted octanol–water partition coefficient (Wildman–Crippen LogP) is -0.974. The van der Waals surface area contributed by atoms with Gasteiger partial charge in [-0.05, 0) is 6.42 Å². The first-order valence-electron chi connectivity index (χ1n) is 5.04. The molecule has 0 heterocycles. The number of rotatable bonds is 9. The lowest BCUT2D eigenvalue weighted by Crippen LogP contribution is -2.43. The minimum Gasteiger partial charge on any atom is -0.396 e. The van der Waals surface area contributed by atoms with Gasteiger partial charge in [-0.1, -0.05) is 6.08 Å². The van der Waals surface area contributed by atoms with Crippen molar-refractivity contribution in [2.45, 2.75) is 6.42 Å². The fraction of sp³-hybridized carbons (Fsp3) is 0.778. The van der Waals surface area contributed by atoms with E-state index in [9.17, 15) is 8.42 Å². The summed E-state index contributed by atoms with van der Waals surface area (Å²) in [7, 11) is -2.13. The second-order valence-electron chi connectivity index (χ2n) is 3.28. The third-order valence-electron chi connectivity index (χ3n) is 2.03. The molecule has 2 N–H and O–H groups in total. The van der Waals surface area contributed by atoms with Gasteiger partial charge in [-0.25, -0.2) is 0 Å². The highest BCUT2D eigenvalue weighted by Gasteiger charge is 2.24. The van der Waals surface area contributed by atoms with Crippen LogP contribution in [0.2, 0.25) is 0 Å². The summed E-state index contributed by atoms with van der Waals surface area (Å²) in [6, 6.07) is 0. The first kappa shape index (κ1) is 15.5. The predicted molar refractivity (Wildman–Crippen MR) is 62.1 cm³/mol. The van der Waals surface area contributed by atoms with Crippen LogP contribution in [0, 0.1) is 0 Å². The second-order valence-corrected chi connectivity index (χ2v) is 5.31. The van der Waals surface area contributed by atoms with Gasteiger partial charge in [0, 0.05) is 33.3 Å². The molecule has 0 radical (unpaired) electrons. The quantitative estimate of drug-likeness (QED) is 0.517. The maximum Gasteiger partial charge on any atom is 0.282 e. The molecule has 0 fully saturated rings. The molecule has 0 spiro atoms. The van der Waals surface area contributed by atoms with Crippen LogP contribution in [0.1, 0.15) is 6.42 Å². The Kier molecular flexibility index (Phi) is 7.52. The molecule has 0 atom stereocenters. The summed E-state index contributed by atoms with van der Waals surface area (Å²) in [5, 5.41) is 17.4. The zero-order chi connectivity index (χ0) is 12.6. The minimum atomic E-state index is -3.57. The largest absolute Gasteiger partial charge is 0.396 e. The van der Waals surface area contributed by atoms with Crippen molar-refractivity contribution in [3.05, 3.63) is 12.7 Å². The van der Waals surface area contributed by atoms with E-state index in [4.69, 9.17) is 10.2 Å². The maximum absolute atomic E-state index is 11.9. The van der Waals surface area contributed by atoms with Crippen molar-refractivity contribution < 1.29 is 18.6 Å². The van der Waals surface area contributed by atoms with Crippen molar-refractivity contribution in [3.8, 4) is 0 Å². The molecule has 0 amide bonds. The topological polar surface area (TPSA) is 81.1 Å². The van der Waals surface area contributed by atoms with Crippen LogP contribution in [0.4, 0.5) is 0 Å². The molecule has 0 unspecified atom stereocenters. The fourth-order valence-corrected chi connectivity index (χ4v) is 2.52. The molecule has 96 valence electrons. The average molecular weight is 252 g/mol. The summed E-state index contributed by atoms with van der Waals surface area (Å²) in [6.07, 6.45) is 1.85. The van der Waals surface area contributed by atoms with Crippen molar-refractivity contribution in [1.29, 1.82) is 0 Å². The van der Waals surface area contributed by atoms with Gasteiger partial charge >= 0.3 is 0 Å². The molecule has 0 aliphatic heterocycles. The summed E-state index contributed by atoms with van der Waals surface area (Å²) in [5.74, 6) is 0. The summed E-state index contributed by atoms with van der Waals surface area (Å²) in [6.45, 7) is 3.63. The standard InChI is InChI=1S/C9H20N2O4S/c1-3-5-11(7-9-13)16(14,15)10(2)6-4-8-12/h3,12-13H,1,4-9H2,2H3. The first-order chi connectivity index (χ1) is 7.50. The van der Waals surface area contributed by atoms with Crippen molar-refractivity contribution >= 4 is 10.2 Å². The van der Waals surface area contributed by atoms with E-state index in [1.54, 1.807) is 0 Å². The fourth-order valence-electron chi connectivity index (χ4n) is 1.16. The Morgan fingerprint density at radius 1 is 1.25 bits per heavy atom. The number of hydrogen-bond acceptors (Lipinski definition) is 4. The van der Waals surface area contributed by atoms with Gasteiger partial charge in [0.05, 0.1) is 6.61 Å². The zero-order valence-electron chi connectivity index (χ0n) is 9.54. The van der Waals surface area contributed by atoms with Crippen LogP contribution in [0.5, 0.6) is 0 Å². The summed E-state index contributed by atoms with van der Waals surface area (Å²) in [4.78, 5) is 0. The van der Waals surface area contributed by atoms with Gasteiger partial charge in [-0.3, -0.25) is 0 Å². The lowest BCUT2D eigenvalue weighted by Gasteiger charge is -2.25. The van der Waals surface area contributed by atoms with Gasteiger partial charge in [0.25, 0.3) is 10.2 Å². The smallest absolute Gasteiger partial charge is 0.282 e. The van der Waals surface area contributed by atoms with Crippen LogP contribution in [-0.2, 0) is 10.2 Å².